The van der Waals surface area contributed by atoms with Gasteiger partial charge in [-0.3, -0.25) is 14.5 Å². The molecule has 0 bridgehead atoms. The number of fused-ring (bicyclic) bond motifs is 1. The molecule has 35 heavy (non-hydrogen) atoms. The predicted molar refractivity (Wildman–Crippen MR) is 134 cm³/mol. The molecule has 0 spiro atoms. The standard InChI is InChI=1S/C26H23N3O5S/c1-32-20-10-6-5-9-19(20)28-25(31)23-14-24(30)29(26(35-23)27-18-7-3-2-4-8-18)15-17-11-12-21-22(13-17)34-16-33-21/h2-13,23H,14-16H2,1H3,(H,28,31). The molecule has 1 N–H and O–H groups in total. The number of hydrogen-bond donors (Lipinski definition) is 1. The molecule has 1 fully saturated rings. The lowest BCUT2D eigenvalue weighted by Gasteiger charge is -2.32. The second-order valence-electron chi connectivity index (χ2n) is 7.90. The minimum atomic E-state index is -0.636. The minimum Gasteiger partial charge on any atom is -0.495 e. The number of nitrogens with one attached hydrogen (secondary N) is 1. The zero-order chi connectivity index (χ0) is 24.2. The van der Waals surface area contributed by atoms with Gasteiger partial charge in [0.25, 0.3) is 0 Å². The Labute approximate surface area is 206 Å². The van der Waals surface area contributed by atoms with Crippen molar-refractivity contribution in [2.45, 2.75) is 18.2 Å². The molecule has 2 aliphatic rings. The molecule has 2 amide bonds. The Morgan fingerprint density at radius 3 is 2.69 bits per heavy atom. The molecule has 3 aromatic rings. The number of thioether (sulfide) groups is 1. The van der Waals surface area contributed by atoms with Crippen LogP contribution in [0.3, 0.4) is 0 Å². The summed E-state index contributed by atoms with van der Waals surface area (Å²) < 4.78 is 16.2. The third-order valence-electron chi connectivity index (χ3n) is 5.56. The fourth-order valence-corrected chi connectivity index (χ4v) is 4.89. The summed E-state index contributed by atoms with van der Waals surface area (Å²) in [4.78, 5) is 32.8. The van der Waals surface area contributed by atoms with Crippen molar-refractivity contribution in [2.75, 3.05) is 19.2 Å². The molecule has 9 heteroatoms. The molecule has 1 atom stereocenters. The molecule has 0 aromatic heterocycles. The second-order valence-corrected chi connectivity index (χ2v) is 9.07. The van der Waals surface area contributed by atoms with Crippen LogP contribution in [0, 0.1) is 0 Å². The van der Waals surface area contributed by atoms with Crippen LogP contribution in [0.2, 0.25) is 0 Å². The molecule has 178 valence electrons. The quantitative estimate of drug-likeness (QED) is 0.545. The summed E-state index contributed by atoms with van der Waals surface area (Å²) in [5.41, 5.74) is 2.13. The van der Waals surface area contributed by atoms with Gasteiger partial charge in [0.05, 0.1) is 25.0 Å². The van der Waals surface area contributed by atoms with Gasteiger partial charge in [0.15, 0.2) is 16.7 Å². The van der Waals surface area contributed by atoms with Crippen molar-refractivity contribution in [2.24, 2.45) is 4.99 Å². The van der Waals surface area contributed by atoms with Gasteiger partial charge >= 0.3 is 0 Å². The number of anilines is 1. The highest BCUT2D eigenvalue weighted by atomic mass is 32.2. The van der Waals surface area contributed by atoms with Crippen molar-refractivity contribution in [3.63, 3.8) is 0 Å². The normalized spacial score (nSPS) is 18.0. The largest absolute Gasteiger partial charge is 0.495 e. The number of nitrogens with zero attached hydrogens (tertiary/aromatic N) is 2. The number of carbonyl (C=O) groups is 2. The summed E-state index contributed by atoms with van der Waals surface area (Å²) in [6.45, 7) is 0.482. The van der Waals surface area contributed by atoms with Crippen LogP contribution in [0.1, 0.15) is 12.0 Å². The zero-order valence-corrected chi connectivity index (χ0v) is 19.8. The molecule has 8 nitrogen and oxygen atoms in total. The summed E-state index contributed by atoms with van der Waals surface area (Å²) in [7, 11) is 1.54. The maximum atomic E-state index is 13.3. The van der Waals surface area contributed by atoms with Gasteiger partial charge in [-0.1, -0.05) is 48.2 Å². The molecule has 0 saturated carbocycles. The summed E-state index contributed by atoms with van der Waals surface area (Å²) in [5, 5.41) is 2.71. The average Bonchev–Trinajstić information content (AvgIpc) is 3.35. The fraction of sp³-hybridized carbons (Fsp3) is 0.192. The van der Waals surface area contributed by atoms with Gasteiger partial charge in [0, 0.05) is 6.42 Å². The molecule has 0 radical (unpaired) electrons. The highest BCUT2D eigenvalue weighted by Gasteiger charge is 2.36. The Morgan fingerprint density at radius 1 is 1.09 bits per heavy atom. The maximum absolute atomic E-state index is 13.3. The van der Waals surface area contributed by atoms with E-state index < -0.39 is 5.25 Å². The third-order valence-corrected chi connectivity index (χ3v) is 6.74. The van der Waals surface area contributed by atoms with Crippen LogP contribution in [0.15, 0.2) is 77.8 Å². The zero-order valence-electron chi connectivity index (χ0n) is 19.0. The lowest BCUT2D eigenvalue weighted by atomic mass is 10.1. The summed E-state index contributed by atoms with van der Waals surface area (Å²) in [6.07, 6.45) is 0.0456. The van der Waals surface area contributed by atoms with E-state index in [4.69, 9.17) is 19.2 Å². The van der Waals surface area contributed by atoms with E-state index >= 15 is 0 Å². The SMILES string of the molecule is COc1ccccc1NC(=O)C1CC(=O)N(Cc2ccc3c(c2)OCO3)C(=Nc2ccccc2)S1. The Kier molecular flexibility index (Phi) is 6.58. The third kappa shape index (κ3) is 5.09. The topological polar surface area (TPSA) is 89.5 Å². The lowest BCUT2D eigenvalue weighted by Crippen LogP contribution is -2.44. The smallest absolute Gasteiger partial charge is 0.238 e. The molecule has 1 saturated heterocycles. The first-order valence-corrected chi connectivity index (χ1v) is 11.9. The summed E-state index contributed by atoms with van der Waals surface area (Å²) in [5.74, 6) is 1.41. The van der Waals surface area contributed by atoms with Crippen LogP contribution in [-0.2, 0) is 16.1 Å². The number of aliphatic imine (C=N–C) groups is 1. The molecular weight excluding hydrogens is 466 g/mol. The van der Waals surface area contributed by atoms with Crippen LogP contribution in [0.5, 0.6) is 17.2 Å². The number of carbonyl (C=O) groups excluding carboxylic acids is 2. The van der Waals surface area contributed by atoms with Gasteiger partial charge in [-0.25, -0.2) is 4.99 Å². The van der Waals surface area contributed by atoms with E-state index in [-0.39, 0.29) is 25.0 Å². The average molecular weight is 490 g/mol. The monoisotopic (exact) mass is 489 g/mol. The van der Waals surface area contributed by atoms with Gasteiger partial charge in [-0.15, -0.1) is 0 Å². The highest BCUT2D eigenvalue weighted by molar-refractivity contribution is 8.15. The minimum absolute atomic E-state index is 0.0456. The number of methoxy groups -OCH3 is 1. The van der Waals surface area contributed by atoms with Crippen molar-refractivity contribution >= 4 is 40.1 Å². The fourth-order valence-electron chi connectivity index (χ4n) is 3.79. The number of para-hydroxylation sites is 3. The van der Waals surface area contributed by atoms with Crippen molar-refractivity contribution < 1.29 is 23.8 Å². The first-order valence-electron chi connectivity index (χ1n) is 11.0. The number of rotatable bonds is 6. The Balaban J connectivity index is 1.40. The van der Waals surface area contributed by atoms with Crippen molar-refractivity contribution in [3.8, 4) is 17.2 Å². The second kappa shape index (κ2) is 10.1. The van der Waals surface area contributed by atoms with E-state index in [1.807, 2.05) is 60.7 Å². The number of benzene rings is 3. The van der Waals surface area contributed by atoms with Crippen molar-refractivity contribution in [1.82, 2.24) is 4.90 Å². The number of hydrogen-bond acceptors (Lipinski definition) is 7. The van der Waals surface area contributed by atoms with Gasteiger partial charge in [-0.05, 0) is 42.0 Å². The van der Waals surface area contributed by atoms with Crippen LogP contribution in [-0.4, -0.2) is 41.0 Å². The predicted octanol–water partition coefficient (Wildman–Crippen LogP) is 4.58. The van der Waals surface area contributed by atoms with E-state index in [1.54, 1.807) is 24.1 Å². The lowest BCUT2D eigenvalue weighted by molar-refractivity contribution is -0.129. The maximum Gasteiger partial charge on any atom is 0.238 e. The van der Waals surface area contributed by atoms with Gasteiger partial charge < -0.3 is 19.5 Å². The van der Waals surface area contributed by atoms with Gasteiger partial charge in [0.1, 0.15) is 11.0 Å². The number of ether oxygens (including phenoxy) is 3. The molecular formula is C26H23N3O5S. The van der Waals surface area contributed by atoms with E-state index in [9.17, 15) is 9.59 Å². The number of amides is 2. The first kappa shape index (κ1) is 22.8. The van der Waals surface area contributed by atoms with Crippen LogP contribution in [0.25, 0.3) is 0 Å². The van der Waals surface area contributed by atoms with E-state index in [0.29, 0.717) is 40.3 Å². The van der Waals surface area contributed by atoms with E-state index in [1.165, 1.54) is 11.8 Å². The number of amidine groups is 1. The van der Waals surface area contributed by atoms with Crippen LogP contribution >= 0.6 is 11.8 Å². The molecule has 3 aromatic carbocycles. The molecule has 2 heterocycles. The first-order chi connectivity index (χ1) is 17.1. The van der Waals surface area contributed by atoms with E-state index in [0.717, 1.165) is 5.56 Å². The molecule has 5 rings (SSSR count). The van der Waals surface area contributed by atoms with Gasteiger partial charge in [0.2, 0.25) is 18.6 Å². The Bertz CT molecular complexity index is 1280. The highest BCUT2D eigenvalue weighted by Crippen LogP contribution is 2.35. The van der Waals surface area contributed by atoms with Crippen molar-refractivity contribution in [1.29, 1.82) is 0 Å². The molecule has 2 aliphatic heterocycles. The van der Waals surface area contributed by atoms with Crippen molar-refractivity contribution in [3.05, 3.63) is 78.4 Å². The molecule has 1 unspecified atom stereocenters. The Hall–Kier alpha value is -3.98. The summed E-state index contributed by atoms with van der Waals surface area (Å²) in [6, 6.07) is 22.1. The van der Waals surface area contributed by atoms with Gasteiger partial charge in [-0.2, -0.15) is 0 Å². The Morgan fingerprint density at radius 2 is 1.86 bits per heavy atom. The van der Waals surface area contributed by atoms with Crippen LogP contribution in [0.4, 0.5) is 11.4 Å². The summed E-state index contributed by atoms with van der Waals surface area (Å²) >= 11 is 1.27. The van der Waals surface area contributed by atoms with E-state index in [2.05, 4.69) is 5.32 Å². The molecule has 0 aliphatic carbocycles. The van der Waals surface area contributed by atoms with Crippen LogP contribution < -0.4 is 19.5 Å².